The molecular weight excluding hydrogens is 164 g/mol. The van der Waals surface area contributed by atoms with E-state index in [1.807, 2.05) is 12.1 Å². The summed E-state index contributed by atoms with van der Waals surface area (Å²) in [7, 11) is 0. The predicted octanol–water partition coefficient (Wildman–Crippen LogP) is 1.12. The van der Waals surface area contributed by atoms with Gasteiger partial charge in [0, 0.05) is 18.0 Å². The summed E-state index contributed by atoms with van der Waals surface area (Å²) < 4.78 is 0. The molecule has 0 amide bonds. The van der Waals surface area contributed by atoms with Crippen LogP contribution < -0.4 is 5.73 Å². The molecule has 2 aromatic heterocycles. The fourth-order valence-corrected chi connectivity index (χ4v) is 1.09. The van der Waals surface area contributed by atoms with Gasteiger partial charge in [0.1, 0.15) is 5.82 Å². The summed E-state index contributed by atoms with van der Waals surface area (Å²) in [5, 5.41) is 7.44. The summed E-state index contributed by atoms with van der Waals surface area (Å²) in [6.07, 6.45) is 5.13. The van der Waals surface area contributed by atoms with Crippen LogP contribution in [0.25, 0.3) is 11.1 Å². The fourth-order valence-electron chi connectivity index (χ4n) is 1.09. The van der Waals surface area contributed by atoms with Crippen LogP contribution in [-0.4, -0.2) is 15.2 Å². The SMILES string of the molecule is Nc1cc(-c2ccncc2)cnn1. The van der Waals surface area contributed by atoms with Crippen molar-refractivity contribution in [2.45, 2.75) is 0 Å². The van der Waals surface area contributed by atoms with E-state index in [1.54, 1.807) is 24.7 Å². The lowest BCUT2D eigenvalue weighted by Gasteiger charge is -1.99. The zero-order valence-corrected chi connectivity index (χ0v) is 6.88. The summed E-state index contributed by atoms with van der Waals surface area (Å²) in [6.45, 7) is 0. The third-order valence-corrected chi connectivity index (χ3v) is 1.69. The normalized spacial score (nSPS) is 9.85. The molecule has 13 heavy (non-hydrogen) atoms. The van der Waals surface area contributed by atoms with Crippen LogP contribution in [0.5, 0.6) is 0 Å². The number of pyridine rings is 1. The minimum atomic E-state index is 0.425. The molecule has 2 N–H and O–H groups in total. The highest BCUT2D eigenvalue weighted by Gasteiger charge is 1.97. The summed E-state index contributed by atoms with van der Waals surface area (Å²) in [6, 6.07) is 5.58. The van der Waals surface area contributed by atoms with Crippen LogP contribution >= 0.6 is 0 Å². The average Bonchev–Trinajstić information content (AvgIpc) is 2.19. The van der Waals surface area contributed by atoms with Crippen LogP contribution in [0, 0.1) is 0 Å². The molecule has 0 unspecified atom stereocenters. The first-order chi connectivity index (χ1) is 6.36. The summed E-state index contributed by atoms with van der Waals surface area (Å²) in [4.78, 5) is 3.93. The molecule has 0 radical (unpaired) electrons. The van der Waals surface area contributed by atoms with Gasteiger partial charge in [-0.25, -0.2) is 0 Å². The van der Waals surface area contributed by atoms with Gasteiger partial charge < -0.3 is 5.73 Å². The first kappa shape index (κ1) is 7.67. The van der Waals surface area contributed by atoms with Gasteiger partial charge in [0.05, 0.1) is 6.20 Å². The van der Waals surface area contributed by atoms with Gasteiger partial charge in [-0.3, -0.25) is 4.98 Å². The maximum atomic E-state index is 5.51. The number of nitrogens with zero attached hydrogens (tertiary/aromatic N) is 3. The van der Waals surface area contributed by atoms with Crippen molar-refractivity contribution in [1.29, 1.82) is 0 Å². The number of nitrogens with two attached hydrogens (primary N) is 1. The van der Waals surface area contributed by atoms with Crippen LogP contribution in [0.3, 0.4) is 0 Å². The molecule has 2 heterocycles. The van der Waals surface area contributed by atoms with E-state index in [2.05, 4.69) is 15.2 Å². The van der Waals surface area contributed by atoms with Crippen molar-refractivity contribution in [1.82, 2.24) is 15.2 Å². The number of aromatic nitrogens is 3. The summed E-state index contributed by atoms with van der Waals surface area (Å²) in [5.41, 5.74) is 7.50. The number of hydrogen-bond acceptors (Lipinski definition) is 4. The lowest BCUT2D eigenvalue weighted by Crippen LogP contribution is -1.92. The van der Waals surface area contributed by atoms with Crippen molar-refractivity contribution in [3.05, 3.63) is 36.8 Å². The third-order valence-electron chi connectivity index (χ3n) is 1.69. The Morgan fingerprint density at radius 2 is 1.85 bits per heavy atom. The minimum Gasteiger partial charge on any atom is -0.382 e. The maximum absolute atomic E-state index is 5.51. The fraction of sp³-hybridized carbons (Fsp3) is 0. The van der Waals surface area contributed by atoms with E-state index in [1.165, 1.54) is 0 Å². The lowest BCUT2D eigenvalue weighted by atomic mass is 10.1. The first-order valence-electron chi connectivity index (χ1n) is 3.85. The molecule has 0 aliphatic heterocycles. The monoisotopic (exact) mass is 172 g/mol. The van der Waals surface area contributed by atoms with Gasteiger partial charge in [-0.15, -0.1) is 5.10 Å². The van der Waals surface area contributed by atoms with Gasteiger partial charge in [0.2, 0.25) is 0 Å². The Labute approximate surface area is 75.5 Å². The number of rotatable bonds is 1. The molecule has 0 aliphatic carbocycles. The zero-order valence-electron chi connectivity index (χ0n) is 6.88. The van der Waals surface area contributed by atoms with Crippen molar-refractivity contribution in [2.75, 3.05) is 5.73 Å². The van der Waals surface area contributed by atoms with E-state index in [0.717, 1.165) is 11.1 Å². The number of anilines is 1. The maximum Gasteiger partial charge on any atom is 0.146 e. The van der Waals surface area contributed by atoms with Gasteiger partial charge in [-0.1, -0.05) is 0 Å². The van der Waals surface area contributed by atoms with Crippen molar-refractivity contribution in [2.24, 2.45) is 0 Å². The van der Waals surface area contributed by atoms with Crippen molar-refractivity contribution in [3.63, 3.8) is 0 Å². The van der Waals surface area contributed by atoms with E-state index >= 15 is 0 Å². The highest BCUT2D eigenvalue weighted by Crippen LogP contribution is 2.17. The number of nitrogen functional groups attached to an aromatic ring is 1. The molecule has 4 nitrogen and oxygen atoms in total. The van der Waals surface area contributed by atoms with Crippen molar-refractivity contribution < 1.29 is 0 Å². The Kier molecular flexibility index (Phi) is 1.88. The molecule has 2 aromatic rings. The van der Waals surface area contributed by atoms with Crippen LogP contribution in [0.2, 0.25) is 0 Å². The standard InChI is InChI=1S/C9H8N4/c10-9-5-8(6-12-13-9)7-1-3-11-4-2-7/h1-6H,(H2,10,13). The van der Waals surface area contributed by atoms with Crippen molar-refractivity contribution in [3.8, 4) is 11.1 Å². The van der Waals surface area contributed by atoms with Gasteiger partial charge in [-0.05, 0) is 23.8 Å². The quantitative estimate of drug-likeness (QED) is 0.700. The minimum absolute atomic E-state index is 0.425. The summed E-state index contributed by atoms with van der Waals surface area (Å²) in [5.74, 6) is 0.425. The molecule has 0 aromatic carbocycles. The van der Waals surface area contributed by atoms with Gasteiger partial charge in [-0.2, -0.15) is 5.10 Å². The van der Waals surface area contributed by atoms with E-state index in [9.17, 15) is 0 Å². The first-order valence-corrected chi connectivity index (χ1v) is 3.85. The van der Waals surface area contributed by atoms with Crippen LogP contribution in [0.15, 0.2) is 36.8 Å². The highest BCUT2D eigenvalue weighted by molar-refractivity contribution is 5.63. The highest BCUT2D eigenvalue weighted by atomic mass is 15.1. The van der Waals surface area contributed by atoms with Gasteiger partial charge in [0.25, 0.3) is 0 Å². The van der Waals surface area contributed by atoms with E-state index in [-0.39, 0.29) is 0 Å². The lowest BCUT2D eigenvalue weighted by molar-refractivity contribution is 1.04. The molecular formula is C9H8N4. The predicted molar refractivity (Wildman–Crippen MR) is 49.7 cm³/mol. The Bertz CT molecular complexity index is 399. The molecule has 0 spiro atoms. The molecule has 0 fully saturated rings. The van der Waals surface area contributed by atoms with Crippen LogP contribution in [0.1, 0.15) is 0 Å². The second-order valence-electron chi connectivity index (χ2n) is 2.61. The topological polar surface area (TPSA) is 64.7 Å². The Hall–Kier alpha value is -1.97. The smallest absolute Gasteiger partial charge is 0.146 e. The Morgan fingerprint density at radius 3 is 2.54 bits per heavy atom. The average molecular weight is 172 g/mol. The molecule has 4 heteroatoms. The van der Waals surface area contributed by atoms with Gasteiger partial charge in [0.15, 0.2) is 0 Å². The van der Waals surface area contributed by atoms with E-state index in [0.29, 0.717) is 5.82 Å². The van der Waals surface area contributed by atoms with E-state index in [4.69, 9.17) is 5.73 Å². The molecule has 0 saturated carbocycles. The van der Waals surface area contributed by atoms with Crippen LogP contribution in [-0.2, 0) is 0 Å². The molecule has 0 saturated heterocycles. The summed E-state index contributed by atoms with van der Waals surface area (Å²) >= 11 is 0. The molecule has 64 valence electrons. The second-order valence-corrected chi connectivity index (χ2v) is 2.61. The third kappa shape index (κ3) is 1.61. The second kappa shape index (κ2) is 3.18. The molecule has 0 bridgehead atoms. The molecule has 0 atom stereocenters. The zero-order chi connectivity index (χ0) is 9.10. The largest absolute Gasteiger partial charge is 0.382 e. The van der Waals surface area contributed by atoms with E-state index < -0.39 is 0 Å². The van der Waals surface area contributed by atoms with Gasteiger partial charge >= 0.3 is 0 Å². The Morgan fingerprint density at radius 1 is 1.08 bits per heavy atom. The van der Waals surface area contributed by atoms with Crippen molar-refractivity contribution >= 4 is 5.82 Å². The molecule has 0 aliphatic rings. The molecule has 2 rings (SSSR count). The number of hydrogen-bond donors (Lipinski definition) is 1. The Balaban J connectivity index is 2.48. The van der Waals surface area contributed by atoms with Crippen LogP contribution in [0.4, 0.5) is 5.82 Å².